The third-order valence-electron chi connectivity index (χ3n) is 6.96. The Bertz CT molecular complexity index is 1060. The van der Waals surface area contributed by atoms with E-state index in [0.717, 1.165) is 37.1 Å². The van der Waals surface area contributed by atoms with E-state index in [2.05, 4.69) is 86.6 Å². The van der Waals surface area contributed by atoms with Crippen molar-refractivity contribution >= 4 is 11.4 Å². The fraction of sp³-hybridized carbons (Fsp3) is 0.250. The van der Waals surface area contributed by atoms with Gasteiger partial charge in [0.15, 0.2) is 0 Å². The quantitative estimate of drug-likeness (QED) is 0.257. The van der Waals surface area contributed by atoms with Gasteiger partial charge in [-0.05, 0) is 83.3 Å². The second kappa shape index (κ2) is 11.1. The molecule has 0 aromatic heterocycles. The standard InChI is InChI=1S/C32H36N2/c1-3-31(27-15-19-29(33)20-16-27)25-11-7-23(8-12-25)5-6-24-9-13-26(14-10-24)32(4-2)28-17-21-30(34)22-18-28/h7-22,31-32H,3-6,33-34H2,1-2H3. The van der Waals surface area contributed by atoms with Crippen LogP contribution in [0.3, 0.4) is 0 Å². The minimum Gasteiger partial charge on any atom is -0.399 e. The van der Waals surface area contributed by atoms with Crippen LogP contribution in [0.5, 0.6) is 0 Å². The molecular formula is C32H36N2. The predicted octanol–water partition coefficient (Wildman–Crippen LogP) is 7.72. The first-order valence-electron chi connectivity index (χ1n) is 12.5. The van der Waals surface area contributed by atoms with E-state index in [0.29, 0.717) is 11.8 Å². The summed E-state index contributed by atoms with van der Waals surface area (Å²) in [5, 5.41) is 0. The molecule has 4 N–H and O–H groups in total. The molecule has 0 saturated carbocycles. The molecule has 0 bridgehead atoms. The fourth-order valence-electron chi connectivity index (χ4n) is 4.91. The number of hydrogen-bond donors (Lipinski definition) is 2. The van der Waals surface area contributed by atoms with Crippen molar-refractivity contribution < 1.29 is 0 Å². The van der Waals surface area contributed by atoms with E-state index < -0.39 is 0 Å². The summed E-state index contributed by atoms with van der Waals surface area (Å²) < 4.78 is 0. The summed E-state index contributed by atoms with van der Waals surface area (Å²) in [7, 11) is 0. The monoisotopic (exact) mass is 448 g/mol. The number of anilines is 2. The highest BCUT2D eigenvalue weighted by molar-refractivity contribution is 5.44. The molecule has 34 heavy (non-hydrogen) atoms. The molecule has 0 fully saturated rings. The molecule has 4 aromatic rings. The van der Waals surface area contributed by atoms with Gasteiger partial charge < -0.3 is 11.5 Å². The van der Waals surface area contributed by atoms with Gasteiger partial charge in [-0.3, -0.25) is 0 Å². The second-order valence-corrected chi connectivity index (χ2v) is 9.24. The molecule has 0 aliphatic rings. The summed E-state index contributed by atoms with van der Waals surface area (Å²) in [6.07, 6.45) is 4.25. The van der Waals surface area contributed by atoms with E-state index >= 15 is 0 Å². The Balaban J connectivity index is 1.38. The van der Waals surface area contributed by atoms with Crippen molar-refractivity contribution in [3.8, 4) is 0 Å². The van der Waals surface area contributed by atoms with Crippen LogP contribution in [0.15, 0.2) is 97.1 Å². The van der Waals surface area contributed by atoms with Crippen LogP contribution in [-0.2, 0) is 12.8 Å². The first-order valence-corrected chi connectivity index (χ1v) is 12.5. The summed E-state index contributed by atoms with van der Waals surface area (Å²) >= 11 is 0. The highest BCUT2D eigenvalue weighted by Gasteiger charge is 2.13. The summed E-state index contributed by atoms with van der Waals surface area (Å²) in [6.45, 7) is 4.49. The molecule has 0 aliphatic heterocycles. The lowest BCUT2D eigenvalue weighted by Gasteiger charge is -2.17. The van der Waals surface area contributed by atoms with Crippen molar-refractivity contribution in [3.63, 3.8) is 0 Å². The number of nitrogens with two attached hydrogens (primary N) is 2. The largest absolute Gasteiger partial charge is 0.399 e. The maximum Gasteiger partial charge on any atom is 0.0314 e. The average molecular weight is 449 g/mol. The minimum atomic E-state index is 0.412. The summed E-state index contributed by atoms with van der Waals surface area (Å²) in [4.78, 5) is 0. The van der Waals surface area contributed by atoms with E-state index in [1.54, 1.807) is 0 Å². The van der Waals surface area contributed by atoms with E-state index in [1.807, 2.05) is 24.3 Å². The van der Waals surface area contributed by atoms with E-state index in [4.69, 9.17) is 11.5 Å². The van der Waals surface area contributed by atoms with Crippen molar-refractivity contribution in [2.45, 2.75) is 51.4 Å². The molecule has 0 aliphatic carbocycles. The third-order valence-corrected chi connectivity index (χ3v) is 6.96. The van der Waals surface area contributed by atoms with E-state index in [-0.39, 0.29) is 0 Å². The molecule has 2 unspecified atom stereocenters. The van der Waals surface area contributed by atoms with Gasteiger partial charge in [0.1, 0.15) is 0 Å². The molecule has 2 heteroatoms. The molecule has 2 nitrogen and oxygen atoms in total. The Hall–Kier alpha value is -3.52. The van der Waals surface area contributed by atoms with Crippen LogP contribution < -0.4 is 11.5 Å². The molecule has 0 heterocycles. The van der Waals surface area contributed by atoms with Crippen molar-refractivity contribution in [1.29, 1.82) is 0 Å². The number of benzene rings is 4. The Morgan fingerprint density at radius 1 is 0.441 bits per heavy atom. The van der Waals surface area contributed by atoms with E-state index in [9.17, 15) is 0 Å². The Morgan fingerprint density at radius 2 is 0.706 bits per heavy atom. The Kier molecular flexibility index (Phi) is 7.69. The maximum absolute atomic E-state index is 5.87. The SMILES string of the molecule is CCC(c1ccc(N)cc1)c1ccc(CCc2ccc(C(CC)c3ccc(N)cc3)cc2)cc1. The molecule has 174 valence electrons. The molecular weight excluding hydrogens is 412 g/mol. The molecule has 4 aromatic carbocycles. The summed E-state index contributed by atoms with van der Waals surface area (Å²) in [5.41, 5.74) is 21.5. The van der Waals surface area contributed by atoms with Gasteiger partial charge in [0.05, 0.1) is 0 Å². The third kappa shape index (κ3) is 5.69. The van der Waals surface area contributed by atoms with Crippen LogP contribution in [0, 0.1) is 0 Å². The van der Waals surface area contributed by atoms with Crippen molar-refractivity contribution in [2.24, 2.45) is 0 Å². The van der Waals surface area contributed by atoms with Gasteiger partial charge >= 0.3 is 0 Å². The molecule has 0 amide bonds. The Labute approximate surface area is 204 Å². The number of nitrogen functional groups attached to an aromatic ring is 2. The van der Waals surface area contributed by atoms with Crippen LogP contribution in [-0.4, -0.2) is 0 Å². The molecule has 0 radical (unpaired) electrons. The zero-order chi connectivity index (χ0) is 23.9. The van der Waals surface area contributed by atoms with Gasteiger partial charge in [0, 0.05) is 23.2 Å². The molecule has 4 rings (SSSR count). The number of aryl methyl sites for hydroxylation is 2. The maximum atomic E-state index is 5.87. The molecule has 0 saturated heterocycles. The lowest BCUT2D eigenvalue weighted by molar-refractivity contribution is 0.775. The van der Waals surface area contributed by atoms with Gasteiger partial charge in [-0.25, -0.2) is 0 Å². The molecule has 0 spiro atoms. The summed E-state index contributed by atoms with van der Waals surface area (Å²) in [5.74, 6) is 0.824. The first-order chi connectivity index (χ1) is 16.6. The number of hydrogen-bond acceptors (Lipinski definition) is 2. The van der Waals surface area contributed by atoms with Crippen molar-refractivity contribution in [2.75, 3.05) is 11.5 Å². The van der Waals surface area contributed by atoms with Crippen LogP contribution in [0.25, 0.3) is 0 Å². The zero-order valence-electron chi connectivity index (χ0n) is 20.4. The highest BCUT2D eigenvalue weighted by Crippen LogP contribution is 2.30. The summed E-state index contributed by atoms with van der Waals surface area (Å²) in [6, 6.07) is 34.9. The predicted molar refractivity (Wildman–Crippen MR) is 146 cm³/mol. The van der Waals surface area contributed by atoms with Crippen LogP contribution in [0.4, 0.5) is 11.4 Å². The van der Waals surface area contributed by atoms with Gasteiger partial charge in [0.25, 0.3) is 0 Å². The Morgan fingerprint density at radius 3 is 0.971 bits per heavy atom. The number of rotatable bonds is 9. The van der Waals surface area contributed by atoms with Crippen LogP contribution in [0.2, 0.25) is 0 Å². The topological polar surface area (TPSA) is 52.0 Å². The van der Waals surface area contributed by atoms with Crippen LogP contribution >= 0.6 is 0 Å². The first kappa shape index (κ1) is 23.6. The second-order valence-electron chi connectivity index (χ2n) is 9.24. The average Bonchev–Trinajstić information content (AvgIpc) is 2.87. The van der Waals surface area contributed by atoms with Gasteiger partial charge in [-0.2, -0.15) is 0 Å². The van der Waals surface area contributed by atoms with E-state index in [1.165, 1.54) is 33.4 Å². The van der Waals surface area contributed by atoms with Crippen LogP contribution in [0.1, 0.15) is 71.9 Å². The van der Waals surface area contributed by atoms with Crippen molar-refractivity contribution in [3.05, 3.63) is 130 Å². The fourth-order valence-corrected chi connectivity index (χ4v) is 4.91. The highest BCUT2D eigenvalue weighted by atomic mass is 14.5. The normalized spacial score (nSPS) is 12.9. The van der Waals surface area contributed by atoms with Gasteiger partial charge in [-0.1, -0.05) is 86.6 Å². The molecule has 2 atom stereocenters. The lowest BCUT2D eigenvalue weighted by Crippen LogP contribution is -2.01. The minimum absolute atomic E-state index is 0.412. The van der Waals surface area contributed by atoms with Crippen molar-refractivity contribution in [1.82, 2.24) is 0 Å². The zero-order valence-corrected chi connectivity index (χ0v) is 20.4. The van der Waals surface area contributed by atoms with Gasteiger partial charge in [-0.15, -0.1) is 0 Å². The smallest absolute Gasteiger partial charge is 0.0314 e. The van der Waals surface area contributed by atoms with Gasteiger partial charge in [0.2, 0.25) is 0 Å². The lowest BCUT2D eigenvalue weighted by atomic mass is 9.87.